The van der Waals surface area contributed by atoms with Crippen LogP contribution in [0.5, 0.6) is 5.75 Å². The van der Waals surface area contributed by atoms with E-state index in [1.165, 1.54) is 0 Å². The lowest BCUT2D eigenvalue weighted by molar-refractivity contribution is 0.297. The van der Waals surface area contributed by atoms with Crippen molar-refractivity contribution in [1.29, 1.82) is 0 Å². The van der Waals surface area contributed by atoms with Gasteiger partial charge in [0, 0.05) is 34.4 Å². The third-order valence-electron chi connectivity index (χ3n) is 2.98. The number of hydrogen-bond donors (Lipinski definition) is 1. The Kier molecular flexibility index (Phi) is 3.65. The van der Waals surface area contributed by atoms with Gasteiger partial charge in [-0.3, -0.25) is 4.40 Å². The normalized spacial score (nSPS) is 12.8. The number of imidazole rings is 1. The summed E-state index contributed by atoms with van der Waals surface area (Å²) in [5, 5.41) is 2.66. The standard InChI is InChI=1S/C14H14ClN3OS/c1-9(16)12-6-10(15)2-3-13(12)19-8-11-7-18-4-5-20-14(18)17-11/h2-7,9H,8,16H2,1H3/t9-/m1/s1. The van der Waals surface area contributed by atoms with Crippen molar-refractivity contribution in [2.45, 2.75) is 19.6 Å². The van der Waals surface area contributed by atoms with Gasteiger partial charge in [-0.2, -0.15) is 0 Å². The SMILES string of the molecule is C[C@@H](N)c1cc(Cl)ccc1OCc1cn2ccsc2n1. The van der Waals surface area contributed by atoms with Crippen molar-refractivity contribution in [3.05, 3.63) is 52.3 Å². The van der Waals surface area contributed by atoms with Crippen molar-refractivity contribution in [1.82, 2.24) is 9.38 Å². The zero-order valence-corrected chi connectivity index (χ0v) is 12.5. The largest absolute Gasteiger partial charge is 0.487 e. The molecule has 2 N–H and O–H groups in total. The van der Waals surface area contributed by atoms with Crippen molar-refractivity contribution < 1.29 is 4.74 Å². The summed E-state index contributed by atoms with van der Waals surface area (Å²) in [7, 11) is 0. The number of nitrogens with two attached hydrogens (primary N) is 1. The number of fused-ring (bicyclic) bond motifs is 1. The van der Waals surface area contributed by atoms with Crippen LogP contribution in [0, 0.1) is 0 Å². The number of nitrogens with zero attached hydrogens (tertiary/aromatic N) is 2. The molecule has 0 spiro atoms. The van der Waals surface area contributed by atoms with E-state index < -0.39 is 0 Å². The van der Waals surface area contributed by atoms with Crippen molar-refractivity contribution in [3.8, 4) is 5.75 Å². The number of aromatic nitrogens is 2. The molecule has 0 saturated heterocycles. The number of rotatable bonds is 4. The van der Waals surface area contributed by atoms with Crippen LogP contribution in [0.2, 0.25) is 5.02 Å². The van der Waals surface area contributed by atoms with Crippen LogP contribution in [0.3, 0.4) is 0 Å². The fourth-order valence-electron chi connectivity index (χ4n) is 2.00. The fourth-order valence-corrected chi connectivity index (χ4v) is 2.90. The fraction of sp³-hybridized carbons (Fsp3) is 0.214. The average molecular weight is 308 g/mol. The smallest absolute Gasteiger partial charge is 0.193 e. The molecule has 4 nitrogen and oxygen atoms in total. The first kappa shape index (κ1) is 13.4. The van der Waals surface area contributed by atoms with Crippen molar-refractivity contribution in [2.75, 3.05) is 0 Å². The molecule has 0 aliphatic heterocycles. The third kappa shape index (κ3) is 2.65. The quantitative estimate of drug-likeness (QED) is 0.800. The molecule has 1 atom stereocenters. The van der Waals surface area contributed by atoms with E-state index in [4.69, 9.17) is 22.1 Å². The Morgan fingerprint density at radius 3 is 3.10 bits per heavy atom. The Hall–Kier alpha value is -1.56. The van der Waals surface area contributed by atoms with E-state index >= 15 is 0 Å². The van der Waals surface area contributed by atoms with Crippen LogP contribution in [0.15, 0.2) is 36.0 Å². The maximum absolute atomic E-state index is 5.99. The Balaban J connectivity index is 1.79. The summed E-state index contributed by atoms with van der Waals surface area (Å²) in [5.74, 6) is 0.751. The minimum absolute atomic E-state index is 0.130. The summed E-state index contributed by atoms with van der Waals surface area (Å²) in [6.45, 7) is 2.32. The Labute approximate surface area is 125 Å². The summed E-state index contributed by atoms with van der Waals surface area (Å²) in [5.41, 5.74) is 7.73. The van der Waals surface area contributed by atoms with Gasteiger partial charge in [0.1, 0.15) is 12.4 Å². The summed E-state index contributed by atoms with van der Waals surface area (Å²) in [6, 6.07) is 5.36. The first-order valence-corrected chi connectivity index (χ1v) is 7.48. The molecule has 1 aromatic carbocycles. The molecule has 0 amide bonds. The highest BCUT2D eigenvalue weighted by Gasteiger charge is 2.10. The highest BCUT2D eigenvalue weighted by molar-refractivity contribution is 7.15. The lowest BCUT2D eigenvalue weighted by Gasteiger charge is -2.13. The van der Waals surface area contributed by atoms with Crippen LogP contribution < -0.4 is 10.5 Å². The average Bonchev–Trinajstić information content (AvgIpc) is 2.97. The predicted octanol–water partition coefficient (Wildman–Crippen LogP) is 3.65. The highest BCUT2D eigenvalue weighted by Crippen LogP contribution is 2.28. The molecule has 20 heavy (non-hydrogen) atoms. The molecule has 2 heterocycles. The molecule has 0 aliphatic rings. The molecule has 3 aromatic rings. The predicted molar refractivity (Wildman–Crippen MR) is 81.5 cm³/mol. The topological polar surface area (TPSA) is 52.5 Å². The van der Waals surface area contributed by atoms with Gasteiger partial charge in [0.25, 0.3) is 0 Å². The summed E-state index contributed by atoms with van der Waals surface area (Å²) in [6.07, 6.45) is 3.94. The lowest BCUT2D eigenvalue weighted by Crippen LogP contribution is -2.08. The van der Waals surface area contributed by atoms with Gasteiger partial charge in [-0.15, -0.1) is 11.3 Å². The van der Waals surface area contributed by atoms with Crippen molar-refractivity contribution in [3.63, 3.8) is 0 Å². The second-order valence-corrected chi connectivity index (χ2v) is 5.89. The van der Waals surface area contributed by atoms with E-state index in [1.807, 2.05) is 41.2 Å². The second-order valence-electron chi connectivity index (χ2n) is 4.58. The zero-order chi connectivity index (χ0) is 14.1. The molecule has 0 unspecified atom stereocenters. The first-order chi connectivity index (χ1) is 9.63. The maximum atomic E-state index is 5.99. The van der Waals surface area contributed by atoms with Crippen LogP contribution in [0.25, 0.3) is 4.96 Å². The number of halogens is 1. The van der Waals surface area contributed by atoms with Gasteiger partial charge >= 0.3 is 0 Å². The molecule has 0 bridgehead atoms. The van der Waals surface area contributed by atoms with E-state index in [2.05, 4.69) is 4.98 Å². The summed E-state index contributed by atoms with van der Waals surface area (Å²) in [4.78, 5) is 5.44. The molecular weight excluding hydrogens is 294 g/mol. The Morgan fingerprint density at radius 2 is 2.35 bits per heavy atom. The van der Waals surface area contributed by atoms with Crippen LogP contribution in [0.4, 0.5) is 0 Å². The highest BCUT2D eigenvalue weighted by atomic mass is 35.5. The van der Waals surface area contributed by atoms with Gasteiger partial charge in [0.15, 0.2) is 4.96 Å². The Bertz CT molecular complexity index is 706. The van der Waals surface area contributed by atoms with Crippen LogP contribution >= 0.6 is 22.9 Å². The van der Waals surface area contributed by atoms with Gasteiger partial charge in [-0.25, -0.2) is 4.98 Å². The molecule has 6 heteroatoms. The van der Waals surface area contributed by atoms with Gasteiger partial charge in [-0.1, -0.05) is 11.6 Å². The zero-order valence-electron chi connectivity index (χ0n) is 10.9. The van der Waals surface area contributed by atoms with Gasteiger partial charge in [-0.05, 0) is 25.1 Å². The monoisotopic (exact) mass is 307 g/mol. The minimum Gasteiger partial charge on any atom is -0.487 e. The molecule has 0 aliphatic carbocycles. The number of ether oxygens (including phenoxy) is 1. The minimum atomic E-state index is -0.130. The molecule has 0 saturated carbocycles. The van der Waals surface area contributed by atoms with E-state index in [1.54, 1.807) is 17.4 Å². The third-order valence-corrected chi connectivity index (χ3v) is 3.99. The van der Waals surface area contributed by atoms with Crippen LogP contribution in [-0.2, 0) is 6.61 Å². The van der Waals surface area contributed by atoms with Crippen molar-refractivity contribution in [2.24, 2.45) is 5.73 Å². The van der Waals surface area contributed by atoms with Gasteiger partial charge < -0.3 is 10.5 Å². The van der Waals surface area contributed by atoms with E-state index in [0.717, 1.165) is 22.0 Å². The van der Waals surface area contributed by atoms with E-state index in [0.29, 0.717) is 11.6 Å². The van der Waals surface area contributed by atoms with E-state index in [9.17, 15) is 0 Å². The number of benzene rings is 1. The molecule has 2 aromatic heterocycles. The van der Waals surface area contributed by atoms with Gasteiger partial charge in [0.05, 0.1) is 5.69 Å². The Morgan fingerprint density at radius 1 is 1.50 bits per heavy atom. The summed E-state index contributed by atoms with van der Waals surface area (Å²) >= 11 is 7.59. The van der Waals surface area contributed by atoms with Crippen molar-refractivity contribution >= 4 is 27.9 Å². The number of thiazole rings is 1. The van der Waals surface area contributed by atoms with Crippen LogP contribution in [-0.4, -0.2) is 9.38 Å². The first-order valence-electron chi connectivity index (χ1n) is 6.22. The second kappa shape index (κ2) is 5.44. The molecule has 0 fully saturated rings. The van der Waals surface area contributed by atoms with E-state index in [-0.39, 0.29) is 6.04 Å². The number of hydrogen-bond acceptors (Lipinski definition) is 4. The van der Waals surface area contributed by atoms with Gasteiger partial charge in [0.2, 0.25) is 0 Å². The van der Waals surface area contributed by atoms with Crippen LogP contribution in [0.1, 0.15) is 24.2 Å². The molecule has 3 rings (SSSR count). The molecular formula is C14H14ClN3OS. The lowest BCUT2D eigenvalue weighted by atomic mass is 10.1. The maximum Gasteiger partial charge on any atom is 0.193 e. The molecule has 0 radical (unpaired) electrons. The molecule has 104 valence electrons. The summed E-state index contributed by atoms with van der Waals surface area (Å²) < 4.78 is 7.81.